The van der Waals surface area contributed by atoms with E-state index in [1.807, 2.05) is 6.07 Å². The zero-order valence-corrected chi connectivity index (χ0v) is 22.4. The number of benzene rings is 2. The van der Waals surface area contributed by atoms with Crippen LogP contribution in [0.15, 0.2) is 36.4 Å². The van der Waals surface area contributed by atoms with Crippen LogP contribution in [0.3, 0.4) is 0 Å². The molecule has 0 atom stereocenters. The van der Waals surface area contributed by atoms with Gasteiger partial charge in [-0.3, -0.25) is 0 Å². The molecule has 0 saturated carbocycles. The molecule has 1 saturated heterocycles. The molecule has 190 valence electrons. The molecule has 2 aromatic carbocycles. The molecule has 4 rings (SSSR count). The molecule has 0 unspecified atom stereocenters. The molecule has 1 fully saturated rings. The summed E-state index contributed by atoms with van der Waals surface area (Å²) >= 11 is 0. The summed E-state index contributed by atoms with van der Waals surface area (Å²) in [7, 11) is 1.41. The van der Waals surface area contributed by atoms with Crippen LogP contribution in [0.25, 0.3) is 10.9 Å². The first kappa shape index (κ1) is 25.8. The van der Waals surface area contributed by atoms with Gasteiger partial charge in [-0.15, -0.1) is 0 Å². The van der Waals surface area contributed by atoms with Gasteiger partial charge in [-0.25, -0.2) is 4.79 Å². The zero-order chi connectivity index (χ0) is 26.0. The Kier molecular flexibility index (Phi) is 7.70. The smallest absolute Gasteiger partial charge is 0.342 e. The summed E-state index contributed by atoms with van der Waals surface area (Å²) in [5.41, 5.74) is 5.67. The fourth-order valence-corrected chi connectivity index (χ4v) is 5.59. The van der Waals surface area contributed by atoms with Gasteiger partial charge in [-0.1, -0.05) is 19.1 Å². The predicted molar refractivity (Wildman–Crippen MR) is 146 cm³/mol. The number of nitriles is 1. The lowest BCUT2D eigenvalue weighted by atomic mass is 9.85. The fourth-order valence-electron chi connectivity index (χ4n) is 5.59. The van der Waals surface area contributed by atoms with Crippen molar-refractivity contribution in [2.75, 3.05) is 25.1 Å². The minimum absolute atomic E-state index is 0.0834. The molecule has 1 aromatic heterocycles. The third kappa shape index (κ3) is 4.85. The summed E-state index contributed by atoms with van der Waals surface area (Å²) in [6.07, 6.45) is 3.32. The van der Waals surface area contributed by atoms with Crippen molar-refractivity contribution in [2.24, 2.45) is 0 Å². The number of H-pyrrole nitrogens is 1. The Bertz CT molecular complexity index is 1280. The van der Waals surface area contributed by atoms with E-state index < -0.39 is 5.97 Å². The Labute approximate surface area is 214 Å². The molecule has 6 heteroatoms. The zero-order valence-electron chi connectivity index (χ0n) is 22.4. The SMILES string of the molecule is CCc1ccc(N(c2[nH]c3cc(C#N)ccc3c2C(=O)OC)C(C)C)cc1C1CCN(C(C)C)CC1. The van der Waals surface area contributed by atoms with Crippen molar-refractivity contribution in [3.05, 3.63) is 58.7 Å². The van der Waals surface area contributed by atoms with E-state index in [1.165, 1.54) is 18.2 Å². The molecular weight excluding hydrogens is 448 g/mol. The second-order valence-electron chi connectivity index (χ2n) is 10.3. The van der Waals surface area contributed by atoms with Gasteiger partial charge >= 0.3 is 5.97 Å². The van der Waals surface area contributed by atoms with Crippen LogP contribution in [-0.4, -0.2) is 48.1 Å². The summed E-state index contributed by atoms with van der Waals surface area (Å²) in [6.45, 7) is 13.3. The van der Waals surface area contributed by atoms with Crippen molar-refractivity contribution in [1.29, 1.82) is 5.26 Å². The van der Waals surface area contributed by atoms with Gasteiger partial charge < -0.3 is 19.5 Å². The van der Waals surface area contributed by atoms with E-state index in [1.54, 1.807) is 12.1 Å². The van der Waals surface area contributed by atoms with Crippen molar-refractivity contribution < 1.29 is 9.53 Å². The summed E-state index contributed by atoms with van der Waals surface area (Å²) in [5.74, 6) is 0.842. The lowest BCUT2D eigenvalue weighted by molar-refractivity contribution is 0.0604. The second kappa shape index (κ2) is 10.8. The summed E-state index contributed by atoms with van der Waals surface area (Å²) in [5, 5.41) is 10.1. The highest BCUT2D eigenvalue weighted by atomic mass is 16.5. The second-order valence-corrected chi connectivity index (χ2v) is 10.3. The first-order valence-electron chi connectivity index (χ1n) is 13.1. The van der Waals surface area contributed by atoms with Crippen LogP contribution in [-0.2, 0) is 11.2 Å². The number of anilines is 2. The number of hydrogen-bond donors (Lipinski definition) is 1. The summed E-state index contributed by atoms with van der Waals surface area (Å²) in [4.78, 5) is 21.2. The quantitative estimate of drug-likeness (QED) is 0.385. The Morgan fingerprint density at radius 1 is 1.17 bits per heavy atom. The van der Waals surface area contributed by atoms with Crippen LogP contribution in [0.1, 0.15) is 80.4 Å². The van der Waals surface area contributed by atoms with Gasteiger partial charge in [-0.05, 0) is 101 Å². The standard InChI is InChI=1S/C30H38N4O2/c1-7-22-9-10-24(17-26(22)23-12-14-33(15-13-23)19(2)3)34(20(4)5)29-28(30(35)36-6)25-11-8-21(18-31)16-27(25)32-29/h8-11,16-17,19-20,23,32H,7,12-15H2,1-6H3. The maximum absolute atomic E-state index is 13.0. The van der Waals surface area contributed by atoms with Gasteiger partial charge in [0.2, 0.25) is 0 Å². The highest BCUT2D eigenvalue weighted by molar-refractivity contribution is 6.10. The minimum Gasteiger partial charge on any atom is -0.465 e. The Morgan fingerprint density at radius 2 is 1.89 bits per heavy atom. The van der Waals surface area contributed by atoms with Crippen LogP contribution in [0.2, 0.25) is 0 Å². The highest BCUT2D eigenvalue weighted by Crippen LogP contribution is 2.39. The number of carbonyl (C=O) groups excluding carboxylic acids is 1. The van der Waals surface area contributed by atoms with Gasteiger partial charge in [-0.2, -0.15) is 5.26 Å². The minimum atomic E-state index is -0.391. The molecule has 1 aliphatic heterocycles. The van der Waals surface area contributed by atoms with Gasteiger partial charge in [0.05, 0.1) is 18.7 Å². The lowest BCUT2D eigenvalue weighted by Gasteiger charge is -2.36. The van der Waals surface area contributed by atoms with Crippen LogP contribution in [0.5, 0.6) is 0 Å². The number of aromatic nitrogens is 1. The van der Waals surface area contributed by atoms with E-state index in [0.717, 1.165) is 48.9 Å². The van der Waals surface area contributed by atoms with Gasteiger partial charge in [0.15, 0.2) is 0 Å². The molecule has 0 spiro atoms. The largest absolute Gasteiger partial charge is 0.465 e. The van der Waals surface area contributed by atoms with Crippen LogP contribution in [0.4, 0.5) is 11.5 Å². The molecule has 1 N–H and O–H groups in total. The Hall–Kier alpha value is -3.30. The average Bonchev–Trinajstić information content (AvgIpc) is 3.25. The van der Waals surface area contributed by atoms with E-state index in [9.17, 15) is 10.1 Å². The fraction of sp³-hybridized carbons (Fsp3) is 0.467. The molecule has 1 aliphatic rings. The van der Waals surface area contributed by atoms with E-state index in [0.29, 0.717) is 28.9 Å². The molecular formula is C30H38N4O2. The number of nitrogens with zero attached hydrogens (tertiary/aromatic N) is 3. The van der Waals surface area contributed by atoms with Crippen molar-refractivity contribution in [3.8, 4) is 6.07 Å². The van der Waals surface area contributed by atoms with E-state index in [2.05, 4.69) is 73.7 Å². The first-order chi connectivity index (χ1) is 17.3. The number of likely N-dealkylation sites (tertiary alicyclic amines) is 1. The predicted octanol–water partition coefficient (Wildman–Crippen LogP) is 6.52. The van der Waals surface area contributed by atoms with Gasteiger partial charge in [0.1, 0.15) is 11.4 Å². The van der Waals surface area contributed by atoms with Crippen molar-refractivity contribution in [3.63, 3.8) is 0 Å². The number of fused-ring (bicyclic) bond motifs is 1. The molecule has 0 radical (unpaired) electrons. The highest BCUT2D eigenvalue weighted by Gasteiger charge is 2.28. The first-order valence-corrected chi connectivity index (χ1v) is 13.1. The van der Waals surface area contributed by atoms with Gasteiger partial charge in [0.25, 0.3) is 0 Å². The third-order valence-electron chi connectivity index (χ3n) is 7.54. The molecule has 0 aliphatic carbocycles. The summed E-state index contributed by atoms with van der Waals surface area (Å²) < 4.78 is 5.20. The Balaban J connectivity index is 1.81. The lowest BCUT2D eigenvalue weighted by Crippen LogP contribution is -2.38. The number of aromatic amines is 1. The molecule has 6 nitrogen and oxygen atoms in total. The maximum Gasteiger partial charge on any atom is 0.342 e. The van der Waals surface area contributed by atoms with Crippen molar-refractivity contribution in [2.45, 2.75) is 71.9 Å². The van der Waals surface area contributed by atoms with Crippen LogP contribution in [0, 0.1) is 11.3 Å². The van der Waals surface area contributed by atoms with Crippen LogP contribution >= 0.6 is 0 Å². The van der Waals surface area contributed by atoms with Crippen molar-refractivity contribution >= 4 is 28.4 Å². The van der Waals surface area contributed by atoms with E-state index in [-0.39, 0.29) is 6.04 Å². The molecule has 3 aromatic rings. The number of aryl methyl sites for hydroxylation is 1. The monoisotopic (exact) mass is 486 g/mol. The van der Waals surface area contributed by atoms with E-state index in [4.69, 9.17) is 4.74 Å². The molecule has 0 amide bonds. The van der Waals surface area contributed by atoms with Gasteiger partial charge in [0, 0.05) is 28.7 Å². The number of rotatable bonds is 7. The van der Waals surface area contributed by atoms with E-state index >= 15 is 0 Å². The van der Waals surface area contributed by atoms with Crippen molar-refractivity contribution in [1.82, 2.24) is 9.88 Å². The number of methoxy groups -OCH3 is 1. The molecule has 36 heavy (non-hydrogen) atoms. The number of ether oxygens (including phenoxy) is 1. The molecule has 0 bridgehead atoms. The number of nitrogens with one attached hydrogen (secondary N) is 1. The third-order valence-corrected chi connectivity index (χ3v) is 7.54. The Morgan fingerprint density at radius 3 is 2.47 bits per heavy atom. The number of piperidine rings is 1. The number of esters is 1. The normalized spacial score (nSPS) is 15.0. The number of carbonyl (C=O) groups is 1. The maximum atomic E-state index is 13.0. The summed E-state index contributed by atoms with van der Waals surface area (Å²) in [6, 6.07) is 15.0. The number of hydrogen-bond acceptors (Lipinski definition) is 5. The van der Waals surface area contributed by atoms with Crippen LogP contribution < -0.4 is 4.90 Å². The molecule has 2 heterocycles. The topological polar surface area (TPSA) is 72.4 Å². The average molecular weight is 487 g/mol.